The first-order valence-electron chi connectivity index (χ1n) is 9.86. The summed E-state index contributed by atoms with van der Waals surface area (Å²) in [6.07, 6.45) is 7.77. The highest BCUT2D eigenvalue weighted by Gasteiger charge is 2.26. The normalized spacial score (nSPS) is 18.9. The van der Waals surface area contributed by atoms with Crippen LogP contribution in [0.2, 0.25) is 0 Å². The van der Waals surface area contributed by atoms with Gasteiger partial charge in [0.2, 0.25) is 5.91 Å². The molecule has 146 valence electrons. The van der Waals surface area contributed by atoms with E-state index in [1.54, 1.807) is 0 Å². The van der Waals surface area contributed by atoms with Crippen molar-refractivity contribution in [1.29, 1.82) is 0 Å². The van der Waals surface area contributed by atoms with Crippen LogP contribution in [-0.4, -0.2) is 50.5 Å². The Morgan fingerprint density at radius 3 is 2.93 bits per heavy atom. The summed E-state index contributed by atoms with van der Waals surface area (Å²) in [5, 5.41) is 0.540. The number of amides is 1. The van der Waals surface area contributed by atoms with Crippen molar-refractivity contribution < 1.29 is 4.79 Å². The maximum absolute atomic E-state index is 12.9. The number of hydrogen-bond donors (Lipinski definition) is 1. The van der Waals surface area contributed by atoms with Crippen molar-refractivity contribution >= 4 is 17.7 Å². The van der Waals surface area contributed by atoms with Crippen LogP contribution in [0.15, 0.2) is 42.9 Å². The molecule has 1 aliphatic heterocycles. The van der Waals surface area contributed by atoms with Gasteiger partial charge in [-0.15, -0.1) is 0 Å². The molecule has 1 aromatic carbocycles. The minimum atomic E-state index is -0.518. The van der Waals surface area contributed by atoms with E-state index in [4.69, 9.17) is 5.73 Å². The van der Waals surface area contributed by atoms with Crippen LogP contribution in [-0.2, 0) is 17.8 Å². The molecule has 2 aromatic rings. The third-order valence-electron chi connectivity index (χ3n) is 4.98. The van der Waals surface area contributed by atoms with E-state index in [0.717, 1.165) is 37.5 Å². The van der Waals surface area contributed by atoms with E-state index in [-0.39, 0.29) is 5.91 Å². The van der Waals surface area contributed by atoms with Gasteiger partial charge in [-0.05, 0) is 24.2 Å². The summed E-state index contributed by atoms with van der Waals surface area (Å²) < 4.78 is 2.04. The van der Waals surface area contributed by atoms with E-state index in [2.05, 4.69) is 24.0 Å². The van der Waals surface area contributed by atoms with Gasteiger partial charge in [0, 0.05) is 37.5 Å². The second kappa shape index (κ2) is 9.95. The largest absolute Gasteiger partial charge is 0.340 e. The predicted octanol–water partition coefficient (Wildman–Crippen LogP) is 2.94. The molecule has 1 aliphatic rings. The standard InChI is InChI=1S/C21H30N4OS/c1-2-27-19-10-6-7-11-25(15-19)21(26)20(22)12-18-14-24(16-23-18)13-17-8-4-3-5-9-17/h3-5,8-9,14,16,19-20H,2,6-7,10-13,15,22H2,1H3/t19?,20-/m0/s1. The van der Waals surface area contributed by atoms with Crippen LogP contribution in [0.5, 0.6) is 0 Å². The second-order valence-electron chi connectivity index (χ2n) is 7.19. The van der Waals surface area contributed by atoms with Crippen LogP contribution in [0.1, 0.15) is 37.4 Å². The molecular weight excluding hydrogens is 356 g/mol. The Morgan fingerprint density at radius 2 is 2.15 bits per heavy atom. The molecule has 0 radical (unpaired) electrons. The van der Waals surface area contributed by atoms with E-state index < -0.39 is 6.04 Å². The molecule has 2 N–H and O–H groups in total. The lowest BCUT2D eigenvalue weighted by Gasteiger charge is -2.26. The lowest BCUT2D eigenvalue weighted by Crippen LogP contribution is -2.46. The molecule has 1 aromatic heterocycles. The minimum absolute atomic E-state index is 0.0659. The van der Waals surface area contributed by atoms with Crippen LogP contribution in [0.4, 0.5) is 0 Å². The lowest BCUT2D eigenvalue weighted by molar-refractivity contribution is -0.132. The number of hydrogen-bond acceptors (Lipinski definition) is 4. The number of aromatic nitrogens is 2. The monoisotopic (exact) mass is 386 g/mol. The first-order chi connectivity index (χ1) is 13.2. The van der Waals surface area contributed by atoms with E-state index in [9.17, 15) is 4.79 Å². The van der Waals surface area contributed by atoms with Gasteiger partial charge in [-0.2, -0.15) is 11.8 Å². The average molecular weight is 387 g/mol. The molecule has 27 heavy (non-hydrogen) atoms. The number of rotatable bonds is 7. The highest BCUT2D eigenvalue weighted by atomic mass is 32.2. The Hall–Kier alpha value is -1.79. The highest BCUT2D eigenvalue weighted by molar-refractivity contribution is 7.99. The van der Waals surface area contributed by atoms with E-state index in [1.165, 1.54) is 18.4 Å². The summed E-state index contributed by atoms with van der Waals surface area (Å²) in [5.41, 5.74) is 8.37. The Kier molecular flexibility index (Phi) is 7.35. The first-order valence-corrected chi connectivity index (χ1v) is 10.9. The van der Waals surface area contributed by atoms with Crippen molar-refractivity contribution in [1.82, 2.24) is 14.5 Å². The van der Waals surface area contributed by atoms with E-state index in [0.29, 0.717) is 11.7 Å². The predicted molar refractivity (Wildman–Crippen MR) is 112 cm³/mol. The van der Waals surface area contributed by atoms with Crippen molar-refractivity contribution in [3.63, 3.8) is 0 Å². The lowest BCUT2D eigenvalue weighted by atomic mass is 10.1. The van der Waals surface area contributed by atoms with Crippen molar-refractivity contribution in [2.75, 3.05) is 18.8 Å². The molecule has 1 saturated heterocycles. The molecule has 0 bridgehead atoms. The molecule has 1 amide bonds. The van der Waals surface area contributed by atoms with Crippen LogP contribution < -0.4 is 5.73 Å². The van der Waals surface area contributed by atoms with Gasteiger partial charge in [-0.25, -0.2) is 4.98 Å². The fourth-order valence-corrected chi connectivity index (χ4v) is 4.70. The Morgan fingerprint density at radius 1 is 1.33 bits per heavy atom. The Balaban J connectivity index is 1.56. The molecule has 1 fully saturated rings. The maximum atomic E-state index is 12.9. The SMILES string of the molecule is CCSC1CCCCN(C(=O)[C@@H](N)Cc2cn(Cc3ccccc3)cn2)C1. The van der Waals surface area contributed by atoms with Crippen molar-refractivity contribution in [3.05, 3.63) is 54.1 Å². The molecule has 3 rings (SSSR count). The number of nitrogens with two attached hydrogens (primary N) is 1. The molecule has 0 spiro atoms. The number of carbonyl (C=O) groups is 1. The number of thioether (sulfide) groups is 1. The number of benzene rings is 1. The molecule has 2 atom stereocenters. The molecule has 0 aliphatic carbocycles. The van der Waals surface area contributed by atoms with Gasteiger partial charge in [0.25, 0.3) is 0 Å². The number of nitrogens with zero attached hydrogens (tertiary/aromatic N) is 3. The zero-order valence-corrected chi connectivity index (χ0v) is 16.9. The van der Waals surface area contributed by atoms with Gasteiger partial charge in [0.05, 0.1) is 18.1 Å². The summed E-state index contributed by atoms with van der Waals surface area (Å²) in [5.74, 6) is 1.16. The van der Waals surface area contributed by atoms with Crippen LogP contribution in [0, 0.1) is 0 Å². The zero-order chi connectivity index (χ0) is 19.1. The maximum Gasteiger partial charge on any atom is 0.239 e. The third kappa shape index (κ3) is 5.84. The van der Waals surface area contributed by atoms with Crippen LogP contribution in [0.3, 0.4) is 0 Å². The number of carbonyl (C=O) groups excluding carboxylic acids is 1. The van der Waals surface area contributed by atoms with Crippen LogP contribution >= 0.6 is 11.8 Å². The molecule has 6 heteroatoms. The third-order valence-corrected chi connectivity index (χ3v) is 6.17. The van der Waals surface area contributed by atoms with Gasteiger partial charge in [0.15, 0.2) is 0 Å². The van der Waals surface area contributed by atoms with Gasteiger partial charge < -0.3 is 15.2 Å². The van der Waals surface area contributed by atoms with Gasteiger partial charge in [-0.3, -0.25) is 4.79 Å². The van der Waals surface area contributed by atoms with Crippen molar-refractivity contribution in [2.45, 2.75) is 50.4 Å². The zero-order valence-electron chi connectivity index (χ0n) is 16.1. The average Bonchev–Trinajstić information content (AvgIpc) is 2.97. The Bertz CT molecular complexity index is 718. The topological polar surface area (TPSA) is 64.2 Å². The first kappa shape index (κ1) is 20.0. The summed E-state index contributed by atoms with van der Waals surface area (Å²) in [6, 6.07) is 9.76. The number of likely N-dealkylation sites (tertiary alicyclic amines) is 1. The highest BCUT2D eigenvalue weighted by Crippen LogP contribution is 2.22. The molecule has 1 unspecified atom stereocenters. The van der Waals surface area contributed by atoms with Gasteiger partial charge in [0.1, 0.15) is 0 Å². The molecular formula is C21H30N4OS. The number of imidazole rings is 1. The van der Waals surface area contributed by atoms with Gasteiger partial charge in [-0.1, -0.05) is 43.7 Å². The summed E-state index contributed by atoms with van der Waals surface area (Å²) in [4.78, 5) is 19.3. The molecule has 0 saturated carbocycles. The van der Waals surface area contributed by atoms with E-state index in [1.807, 2.05) is 52.0 Å². The van der Waals surface area contributed by atoms with Gasteiger partial charge >= 0.3 is 0 Å². The van der Waals surface area contributed by atoms with Crippen LogP contribution in [0.25, 0.3) is 0 Å². The summed E-state index contributed by atoms with van der Waals surface area (Å²) >= 11 is 1.96. The van der Waals surface area contributed by atoms with E-state index >= 15 is 0 Å². The Labute approximate surface area is 166 Å². The second-order valence-corrected chi connectivity index (χ2v) is 8.77. The minimum Gasteiger partial charge on any atom is -0.340 e. The quantitative estimate of drug-likeness (QED) is 0.795. The smallest absolute Gasteiger partial charge is 0.239 e. The van der Waals surface area contributed by atoms with Crippen molar-refractivity contribution in [3.8, 4) is 0 Å². The summed E-state index contributed by atoms with van der Waals surface area (Å²) in [6.45, 7) is 4.61. The van der Waals surface area contributed by atoms with Crippen molar-refractivity contribution in [2.24, 2.45) is 5.73 Å². The fraction of sp³-hybridized carbons (Fsp3) is 0.524. The molecule has 2 heterocycles. The fourth-order valence-electron chi connectivity index (χ4n) is 3.61. The molecule has 5 nitrogen and oxygen atoms in total. The summed E-state index contributed by atoms with van der Waals surface area (Å²) in [7, 11) is 0.